The maximum atomic E-state index is 11.3. The van der Waals surface area contributed by atoms with Crippen LogP contribution in [-0.2, 0) is 16.0 Å². The fraction of sp³-hybridized carbons (Fsp3) is 0.364. The lowest BCUT2D eigenvalue weighted by Gasteiger charge is -2.21. The molecular weight excluding hydrogens is 196 g/mol. The standard InChI is InChI=1S/C11H12O4/c12-9-7-15-10(13)11(9,14)6-8-4-2-1-3-5-8/h1-5,9,12,14H,6-7H2/t9-,11-/m1/s1. The average Bonchev–Trinajstić information content (AvgIpc) is 2.48. The number of aliphatic hydroxyl groups excluding tert-OH is 1. The van der Waals surface area contributed by atoms with E-state index in [1.54, 1.807) is 12.1 Å². The van der Waals surface area contributed by atoms with Crippen molar-refractivity contribution in [2.24, 2.45) is 0 Å². The molecule has 15 heavy (non-hydrogen) atoms. The van der Waals surface area contributed by atoms with Crippen LogP contribution in [0.3, 0.4) is 0 Å². The van der Waals surface area contributed by atoms with Gasteiger partial charge in [0.25, 0.3) is 0 Å². The van der Waals surface area contributed by atoms with Crippen LogP contribution in [0.2, 0.25) is 0 Å². The summed E-state index contributed by atoms with van der Waals surface area (Å²) in [5.41, 5.74) is -1.00. The summed E-state index contributed by atoms with van der Waals surface area (Å²) in [6.45, 7) is -0.137. The van der Waals surface area contributed by atoms with Crippen LogP contribution in [0.4, 0.5) is 0 Å². The molecule has 0 spiro atoms. The lowest BCUT2D eigenvalue weighted by atomic mass is 9.91. The first kappa shape index (κ1) is 10.1. The van der Waals surface area contributed by atoms with E-state index in [0.29, 0.717) is 0 Å². The molecular formula is C11H12O4. The summed E-state index contributed by atoms with van der Waals surface area (Å²) in [6.07, 6.45) is -1.07. The third-order valence-electron chi connectivity index (χ3n) is 2.59. The predicted octanol–water partition coefficient (Wildman–Crippen LogP) is -0.122. The Morgan fingerprint density at radius 1 is 1.40 bits per heavy atom. The summed E-state index contributed by atoms with van der Waals surface area (Å²) in [5.74, 6) is -0.751. The minimum atomic E-state index is -1.79. The van der Waals surface area contributed by atoms with E-state index >= 15 is 0 Å². The first-order chi connectivity index (χ1) is 7.13. The van der Waals surface area contributed by atoms with E-state index in [4.69, 9.17) is 0 Å². The molecule has 4 heteroatoms. The van der Waals surface area contributed by atoms with Crippen LogP contribution >= 0.6 is 0 Å². The van der Waals surface area contributed by atoms with Gasteiger partial charge in [-0.2, -0.15) is 0 Å². The van der Waals surface area contributed by atoms with Crippen molar-refractivity contribution in [1.29, 1.82) is 0 Å². The number of carbonyl (C=O) groups is 1. The van der Waals surface area contributed by atoms with E-state index in [1.807, 2.05) is 18.2 Å². The fourth-order valence-electron chi connectivity index (χ4n) is 1.65. The first-order valence-electron chi connectivity index (χ1n) is 4.74. The molecule has 1 fully saturated rings. The summed E-state index contributed by atoms with van der Waals surface area (Å²) in [7, 11) is 0. The molecule has 1 aliphatic rings. The van der Waals surface area contributed by atoms with Crippen molar-refractivity contribution in [2.75, 3.05) is 6.61 Å². The largest absolute Gasteiger partial charge is 0.461 e. The van der Waals surface area contributed by atoms with Gasteiger partial charge in [-0.05, 0) is 5.56 Å². The Bertz CT molecular complexity index is 362. The summed E-state index contributed by atoms with van der Waals surface area (Å²) in [6, 6.07) is 9.04. The van der Waals surface area contributed by atoms with Gasteiger partial charge in [-0.25, -0.2) is 4.79 Å². The lowest BCUT2D eigenvalue weighted by Crippen LogP contribution is -2.46. The number of benzene rings is 1. The second kappa shape index (κ2) is 3.64. The molecule has 1 aromatic rings. The van der Waals surface area contributed by atoms with E-state index in [0.717, 1.165) is 5.56 Å². The maximum absolute atomic E-state index is 11.3. The zero-order valence-corrected chi connectivity index (χ0v) is 8.09. The highest BCUT2D eigenvalue weighted by atomic mass is 16.6. The van der Waals surface area contributed by atoms with Crippen molar-refractivity contribution < 1.29 is 19.7 Å². The predicted molar refractivity (Wildman–Crippen MR) is 52.1 cm³/mol. The van der Waals surface area contributed by atoms with Gasteiger partial charge in [-0.1, -0.05) is 30.3 Å². The number of cyclic esters (lactones) is 1. The molecule has 2 atom stereocenters. The first-order valence-corrected chi connectivity index (χ1v) is 4.74. The highest BCUT2D eigenvalue weighted by Crippen LogP contribution is 2.25. The number of ether oxygens (including phenoxy) is 1. The highest BCUT2D eigenvalue weighted by molar-refractivity contribution is 5.82. The van der Waals surface area contributed by atoms with Gasteiger partial charge >= 0.3 is 5.97 Å². The quantitative estimate of drug-likeness (QED) is 0.665. The van der Waals surface area contributed by atoms with Crippen LogP contribution in [0.1, 0.15) is 5.56 Å². The molecule has 0 amide bonds. The van der Waals surface area contributed by atoms with Gasteiger partial charge in [0.1, 0.15) is 12.7 Å². The third kappa shape index (κ3) is 1.73. The Balaban J connectivity index is 2.21. The van der Waals surface area contributed by atoms with Crippen molar-refractivity contribution in [2.45, 2.75) is 18.1 Å². The minimum absolute atomic E-state index is 0.0772. The molecule has 0 aliphatic carbocycles. The van der Waals surface area contributed by atoms with Crippen LogP contribution in [0.25, 0.3) is 0 Å². The molecule has 0 aromatic heterocycles. The van der Waals surface area contributed by atoms with Crippen molar-refractivity contribution in [1.82, 2.24) is 0 Å². The third-order valence-corrected chi connectivity index (χ3v) is 2.59. The Labute approximate surface area is 87.1 Å². The molecule has 80 valence electrons. The van der Waals surface area contributed by atoms with Crippen molar-refractivity contribution in [3.05, 3.63) is 35.9 Å². The summed E-state index contributed by atoms with van der Waals surface area (Å²) in [5, 5.41) is 19.4. The van der Waals surface area contributed by atoms with Crippen molar-refractivity contribution in [3.63, 3.8) is 0 Å². The molecule has 0 radical (unpaired) electrons. The lowest BCUT2D eigenvalue weighted by molar-refractivity contribution is -0.155. The van der Waals surface area contributed by atoms with Gasteiger partial charge < -0.3 is 14.9 Å². The molecule has 1 heterocycles. The Kier molecular flexibility index (Phi) is 2.46. The average molecular weight is 208 g/mol. The van der Waals surface area contributed by atoms with E-state index in [1.165, 1.54) is 0 Å². The molecule has 2 N–H and O–H groups in total. The summed E-state index contributed by atoms with van der Waals surface area (Å²) in [4.78, 5) is 11.3. The maximum Gasteiger partial charge on any atom is 0.341 e. The Hall–Kier alpha value is -1.39. The van der Waals surface area contributed by atoms with Gasteiger partial charge in [-0.3, -0.25) is 0 Å². The number of hydrogen-bond donors (Lipinski definition) is 2. The molecule has 4 nitrogen and oxygen atoms in total. The zero-order chi connectivity index (χ0) is 10.9. The number of rotatable bonds is 2. The molecule has 2 rings (SSSR count). The van der Waals surface area contributed by atoms with Crippen LogP contribution < -0.4 is 0 Å². The van der Waals surface area contributed by atoms with Crippen molar-refractivity contribution in [3.8, 4) is 0 Å². The van der Waals surface area contributed by atoms with Crippen LogP contribution in [-0.4, -0.2) is 34.5 Å². The van der Waals surface area contributed by atoms with Gasteiger partial charge in [0.05, 0.1) is 0 Å². The van der Waals surface area contributed by atoms with E-state index in [2.05, 4.69) is 4.74 Å². The monoisotopic (exact) mass is 208 g/mol. The minimum Gasteiger partial charge on any atom is -0.461 e. The number of carbonyl (C=O) groups excluding carboxylic acids is 1. The van der Waals surface area contributed by atoms with Gasteiger partial charge in [0, 0.05) is 6.42 Å². The van der Waals surface area contributed by atoms with Gasteiger partial charge in [0.2, 0.25) is 0 Å². The van der Waals surface area contributed by atoms with Crippen LogP contribution in [0, 0.1) is 0 Å². The summed E-state index contributed by atoms with van der Waals surface area (Å²) < 4.78 is 4.61. The van der Waals surface area contributed by atoms with E-state index < -0.39 is 17.7 Å². The second-order valence-corrected chi connectivity index (χ2v) is 3.70. The SMILES string of the molecule is O=C1OC[C@@H](O)[C@]1(O)Cc1ccccc1. The number of esters is 1. The summed E-state index contributed by atoms with van der Waals surface area (Å²) >= 11 is 0. The molecule has 0 unspecified atom stereocenters. The molecule has 1 aromatic carbocycles. The molecule has 1 saturated heterocycles. The fourth-order valence-corrected chi connectivity index (χ4v) is 1.65. The van der Waals surface area contributed by atoms with Crippen LogP contribution in [0.5, 0.6) is 0 Å². The van der Waals surface area contributed by atoms with Crippen LogP contribution in [0.15, 0.2) is 30.3 Å². The van der Waals surface area contributed by atoms with Crippen molar-refractivity contribution >= 4 is 5.97 Å². The number of hydrogen-bond acceptors (Lipinski definition) is 4. The smallest absolute Gasteiger partial charge is 0.341 e. The van der Waals surface area contributed by atoms with Gasteiger partial charge in [-0.15, -0.1) is 0 Å². The van der Waals surface area contributed by atoms with Gasteiger partial charge in [0.15, 0.2) is 5.60 Å². The Morgan fingerprint density at radius 2 is 2.07 bits per heavy atom. The topological polar surface area (TPSA) is 66.8 Å². The second-order valence-electron chi connectivity index (χ2n) is 3.70. The zero-order valence-electron chi connectivity index (χ0n) is 8.09. The van der Waals surface area contributed by atoms with E-state index in [-0.39, 0.29) is 13.0 Å². The molecule has 0 saturated carbocycles. The van der Waals surface area contributed by atoms with E-state index in [9.17, 15) is 15.0 Å². The highest BCUT2D eigenvalue weighted by Gasteiger charge is 2.50. The number of aliphatic hydroxyl groups is 2. The normalized spacial score (nSPS) is 30.3. The Morgan fingerprint density at radius 3 is 2.60 bits per heavy atom. The molecule has 0 bridgehead atoms. The molecule has 1 aliphatic heterocycles.